The Labute approximate surface area is 144 Å². The molecule has 0 amide bonds. The van der Waals surface area contributed by atoms with Crippen LogP contribution >= 0.6 is 38.6 Å². The molecule has 6 heteroatoms. The predicted molar refractivity (Wildman–Crippen MR) is 97.8 cm³/mol. The molecular weight excluding hydrogens is 380 g/mol. The topological polar surface area (TPSA) is 34.9 Å². The van der Waals surface area contributed by atoms with Crippen LogP contribution in [-0.4, -0.2) is 9.55 Å². The van der Waals surface area contributed by atoms with Crippen molar-refractivity contribution in [2.45, 2.75) is 26.3 Å². The fourth-order valence-corrected chi connectivity index (χ4v) is 4.86. The summed E-state index contributed by atoms with van der Waals surface area (Å²) in [6.45, 7) is 2.83. The van der Waals surface area contributed by atoms with Gasteiger partial charge in [0.1, 0.15) is 10.7 Å². The standard InChI is InChI=1S/C16H13BrN2OS2/c1-2-11-7-12-15(22-11)18-14-10(3-4-19(14)16(12)20)5-9-6-13(17)21-8-9/h5-8H,2-4H2,1H3. The first-order valence-electron chi connectivity index (χ1n) is 7.14. The molecule has 0 saturated carbocycles. The van der Waals surface area contributed by atoms with Gasteiger partial charge in [0.15, 0.2) is 0 Å². The van der Waals surface area contributed by atoms with Crippen LogP contribution in [0.2, 0.25) is 0 Å². The highest BCUT2D eigenvalue weighted by molar-refractivity contribution is 9.11. The van der Waals surface area contributed by atoms with Gasteiger partial charge < -0.3 is 0 Å². The van der Waals surface area contributed by atoms with E-state index in [0.717, 1.165) is 50.4 Å². The second-order valence-electron chi connectivity index (χ2n) is 5.28. The maximum Gasteiger partial charge on any atom is 0.262 e. The fourth-order valence-electron chi connectivity index (χ4n) is 2.77. The zero-order valence-corrected chi connectivity index (χ0v) is 15.1. The normalized spacial score (nSPS) is 15.8. The summed E-state index contributed by atoms with van der Waals surface area (Å²) in [6.07, 6.45) is 3.96. The highest BCUT2D eigenvalue weighted by Gasteiger charge is 2.22. The van der Waals surface area contributed by atoms with Crippen LogP contribution in [0.5, 0.6) is 0 Å². The number of aromatic nitrogens is 2. The Kier molecular flexibility index (Phi) is 3.55. The van der Waals surface area contributed by atoms with Gasteiger partial charge in [-0.2, -0.15) is 0 Å². The largest absolute Gasteiger partial charge is 0.292 e. The smallest absolute Gasteiger partial charge is 0.262 e. The number of allylic oxidation sites excluding steroid dienone is 1. The van der Waals surface area contributed by atoms with Crippen molar-refractivity contribution in [3.8, 4) is 0 Å². The minimum absolute atomic E-state index is 0.103. The van der Waals surface area contributed by atoms with Gasteiger partial charge in [0.25, 0.3) is 5.56 Å². The molecular formula is C16H13BrN2OS2. The number of hydrogen-bond acceptors (Lipinski definition) is 4. The summed E-state index contributed by atoms with van der Waals surface area (Å²) in [4.78, 5) is 19.5. The van der Waals surface area contributed by atoms with Crippen molar-refractivity contribution in [2.24, 2.45) is 0 Å². The molecule has 3 nitrogen and oxygen atoms in total. The van der Waals surface area contributed by atoms with Crippen molar-refractivity contribution in [3.05, 3.63) is 47.9 Å². The van der Waals surface area contributed by atoms with E-state index in [2.05, 4.69) is 40.4 Å². The third-order valence-electron chi connectivity index (χ3n) is 3.87. The molecule has 1 aliphatic rings. The summed E-state index contributed by atoms with van der Waals surface area (Å²) in [7, 11) is 0. The van der Waals surface area contributed by atoms with Crippen molar-refractivity contribution in [2.75, 3.05) is 0 Å². The van der Waals surface area contributed by atoms with Crippen molar-refractivity contribution >= 4 is 60.5 Å². The summed E-state index contributed by atoms with van der Waals surface area (Å²) in [6, 6.07) is 4.09. The van der Waals surface area contributed by atoms with E-state index in [1.807, 2.05) is 10.6 Å². The SMILES string of the molecule is CCc1cc2c(=O)n3c(nc2s1)C(=Cc1csc(Br)c1)CC3. The molecule has 0 radical (unpaired) electrons. The number of fused-ring (bicyclic) bond motifs is 2. The van der Waals surface area contributed by atoms with Gasteiger partial charge >= 0.3 is 0 Å². The van der Waals surface area contributed by atoms with Crippen LogP contribution in [0, 0.1) is 0 Å². The van der Waals surface area contributed by atoms with Gasteiger partial charge in [-0.3, -0.25) is 9.36 Å². The van der Waals surface area contributed by atoms with Gasteiger partial charge in [0.05, 0.1) is 9.17 Å². The lowest BCUT2D eigenvalue weighted by atomic mass is 10.1. The van der Waals surface area contributed by atoms with Crippen molar-refractivity contribution in [1.82, 2.24) is 9.55 Å². The molecule has 0 N–H and O–H groups in total. The Balaban J connectivity index is 1.89. The van der Waals surface area contributed by atoms with Gasteiger partial charge in [0, 0.05) is 11.4 Å². The minimum Gasteiger partial charge on any atom is -0.292 e. The average Bonchev–Trinajstić information content (AvgIpc) is 3.19. The Morgan fingerprint density at radius 1 is 1.45 bits per heavy atom. The number of thiophene rings is 2. The van der Waals surface area contributed by atoms with Crippen molar-refractivity contribution in [3.63, 3.8) is 0 Å². The summed E-state index contributed by atoms with van der Waals surface area (Å²) in [5.41, 5.74) is 2.41. The first kappa shape index (κ1) is 14.4. The average molecular weight is 393 g/mol. The lowest BCUT2D eigenvalue weighted by Gasteiger charge is -2.02. The molecule has 1 aliphatic heterocycles. The molecule has 0 aromatic carbocycles. The van der Waals surface area contributed by atoms with E-state index in [1.165, 1.54) is 4.88 Å². The molecule has 0 unspecified atom stereocenters. The number of hydrogen-bond donors (Lipinski definition) is 0. The van der Waals surface area contributed by atoms with Crippen LogP contribution in [0.3, 0.4) is 0 Å². The van der Waals surface area contributed by atoms with Gasteiger partial charge in [-0.25, -0.2) is 4.98 Å². The maximum absolute atomic E-state index is 12.6. The molecule has 22 heavy (non-hydrogen) atoms. The zero-order chi connectivity index (χ0) is 15.3. The second-order valence-corrected chi connectivity index (χ2v) is 8.69. The minimum atomic E-state index is 0.103. The van der Waals surface area contributed by atoms with E-state index in [9.17, 15) is 4.79 Å². The Morgan fingerprint density at radius 3 is 3.05 bits per heavy atom. The third kappa shape index (κ3) is 2.30. The van der Waals surface area contributed by atoms with E-state index in [0.29, 0.717) is 0 Å². The molecule has 0 aliphatic carbocycles. The number of rotatable bonds is 2. The van der Waals surface area contributed by atoms with Gasteiger partial charge in [0.2, 0.25) is 0 Å². The Morgan fingerprint density at radius 2 is 2.32 bits per heavy atom. The quantitative estimate of drug-likeness (QED) is 0.628. The molecule has 0 atom stereocenters. The maximum atomic E-state index is 12.6. The molecule has 112 valence electrons. The molecule has 3 aromatic rings. The lowest BCUT2D eigenvalue weighted by molar-refractivity contribution is 0.726. The predicted octanol–water partition coefficient (Wildman–Crippen LogP) is 4.79. The van der Waals surface area contributed by atoms with Crippen LogP contribution in [0.4, 0.5) is 0 Å². The molecule has 3 aromatic heterocycles. The Bertz CT molecular complexity index is 964. The Hall–Kier alpha value is -1.24. The van der Waals surface area contributed by atoms with E-state index in [-0.39, 0.29) is 5.56 Å². The summed E-state index contributed by atoms with van der Waals surface area (Å²) in [5.74, 6) is 0.837. The van der Waals surface area contributed by atoms with Crippen LogP contribution < -0.4 is 5.56 Å². The summed E-state index contributed by atoms with van der Waals surface area (Å²) >= 11 is 6.79. The van der Waals surface area contributed by atoms with Gasteiger partial charge in [-0.15, -0.1) is 22.7 Å². The summed E-state index contributed by atoms with van der Waals surface area (Å²) < 4.78 is 2.94. The van der Waals surface area contributed by atoms with Crippen LogP contribution in [-0.2, 0) is 13.0 Å². The number of nitrogens with zero attached hydrogens (tertiary/aromatic N) is 2. The highest BCUT2D eigenvalue weighted by Crippen LogP contribution is 2.31. The van der Waals surface area contributed by atoms with Crippen LogP contribution in [0.25, 0.3) is 21.9 Å². The van der Waals surface area contributed by atoms with Crippen molar-refractivity contribution in [1.29, 1.82) is 0 Å². The van der Waals surface area contributed by atoms with E-state index in [4.69, 9.17) is 4.98 Å². The number of halogens is 1. The zero-order valence-electron chi connectivity index (χ0n) is 11.9. The third-order valence-corrected chi connectivity index (χ3v) is 6.57. The first-order chi connectivity index (χ1) is 10.7. The van der Waals surface area contributed by atoms with Crippen molar-refractivity contribution < 1.29 is 0 Å². The van der Waals surface area contributed by atoms with Gasteiger partial charge in [-0.05, 0) is 63.5 Å². The summed E-state index contributed by atoms with van der Waals surface area (Å²) in [5, 5.41) is 2.88. The lowest BCUT2D eigenvalue weighted by Crippen LogP contribution is -2.19. The monoisotopic (exact) mass is 392 g/mol. The first-order valence-corrected chi connectivity index (χ1v) is 9.63. The molecule has 0 fully saturated rings. The number of aryl methyl sites for hydroxylation is 1. The molecule has 4 heterocycles. The second kappa shape index (κ2) is 5.44. The van der Waals surface area contributed by atoms with E-state index < -0.39 is 0 Å². The molecule has 0 saturated heterocycles. The van der Waals surface area contributed by atoms with Crippen LogP contribution in [0.1, 0.15) is 29.6 Å². The molecule has 0 spiro atoms. The van der Waals surface area contributed by atoms with E-state index >= 15 is 0 Å². The molecule has 0 bridgehead atoms. The molecule has 4 rings (SSSR count). The highest BCUT2D eigenvalue weighted by atomic mass is 79.9. The van der Waals surface area contributed by atoms with Gasteiger partial charge in [-0.1, -0.05) is 6.92 Å². The van der Waals surface area contributed by atoms with E-state index in [1.54, 1.807) is 22.7 Å². The fraction of sp³-hybridized carbons (Fsp3) is 0.250. The van der Waals surface area contributed by atoms with Crippen LogP contribution in [0.15, 0.2) is 26.1 Å².